The number of nitrogens with one attached hydrogen (secondary N) is 1. The van der Waals surface area contributed by atoms with Crippen LogP contribution in [0.5, 0.6) is 0 Å². The van der Waals surface area contributed by atoms with Crippen LogP contribution >= 0.6 is 12.2 Å². The number of aryl methyl sites for hydroxylation is 2. The molecule has 0 fully saturated rings. The molecule has 2 N–H and O–H groups in total. The molecule has 1 aromatic heterocycles. The van der Waals surface area contributed by atoms with Gasteiger partial charge in [-0.05, 0) is 49.3 Å². The first-order valence-electron chi connectivity index (χ1n) is 7.77. The lowest BCUT2D eigenvalue weighted by Crippen LogP contribution is -2.26. The SMILES string of the molecule is CCc1n[nH]c(=S)n1/N=C\c1ccc(N(CC)CCO)cc1C. The summed E-state index contributed by atoms with van der Waals surface area (Å²) in [5, 5.41) is 20.5. The summed E-state index contributed by atoms with van der Waals surface area (Å²) in [7, 11) is 0. The number of aliphatic hydroxyl groups is 1. The Labute approximate surface area is 141 Å². The second-order valence-corrected chi connectivity index (χ2v) is 5.59. The van der Waals surface area contributed by atoms with Gasteiger partial charge in [-0.15, -0.1) is 0 Å². The molecule has 0 spiro atoms. The van der Waals surface area contributed by atoms with Gasteiger partial charge in [0.05, 0.1) is 12.8 Å². The molecule has 0 radical (unpaired) electrons. The van der Waals surface area contributed by atoms with Crippen molar-refractivity contribution in [2.24, 2.45) is 5.10 Å². The Kier molecular flexibility index (Phi) is 6.06. The second-order valence-electron chi connectivity index (χ2n) is 5.20. The molecule has 6 nitrogen and oxygen atoms in total. The van der Waals surface area contributed by atoms with E-state index in [0.29, 0.717) is 11.3 Å². The minimum Gasteiger partial charge on any atom is -0.395 e. The van der Waals surface area contributed by atoms with Gasteiger partial charge < -0.3 is 10.0 Å². The van der Waals surface area contributed by atoms with Crippen LogP contribution in [0.15, 0.2) is 23.3 Å². The number of anilines is 1. The first-order valence-corrected chi connectivity index (χ1v) is 8.18. The molecule has 23 heavy (non-hydrogen) atoms. The molecule has 124 valence electrons. The van der Waals surface area contributed by atoms with Crippen LogP contribution in [0.2, 0.25) is 0 Å². The van der Waals surface area contributed by atoms with Crippen molar-refractivity contribution in [3.63, 3.8) is 0 Å². The van der Waals surface area contributed by atoms with Crippen molar-refractivity contribution < 1.29 is 5.11 Å². The predicted molar refractivity (Wildman–Crippen MR) is 95.9 cm³/mol. The third-order valence-corrected chi connectivity index (χ3v) is 3.98. The fraction of sp³-hybridized carbons (Fsp3) is 0.438. The molecule has 0 amide bonds. The maximum absolute atomic E-state index is 9.13. The van der Waals surface area contributed by atoms with Gasteiger partial charge in [0.1, 0.15) is 0 Å². The Morgan fingerprint density at radius 2 is 2.22 bits per heavy atom. The Morgan fingerprint density at radius 1 is 1.43 bits per heavy atom. The number of aliphatic hydroxyl groups excluding tert-OH is 1. The monoisotopic (exact) mass is 333 g/mol. The van der Waals surface area contributed by atoms with E-state index in [4.69, 9.17) is 17.3 Å². The molecule has 1 aromatic carbocycles. The van der Waals surface area contributed by atoms with Crippen molar-refractivity contribution in [1.29, 1.82) is 0 Å². The molecule has 0 aliphatic carbocycles. The molecule has 2 aromatic rings. The van der Waals surface area contributed by atoms with E-state index in [9.17, 15) is 0 Å². The molecule has 0 bridgehead atoms. The molecule has 1 heterocycles. The lowest BCUT2D eigenvalue weighted by molar-refractivity contribution is 0.302. The topological polar surface area (TPSA) is 69.4 Å². The summed E-state index contributed by atoms with van der Waals surface area (Å²) in [5.74, 6) is 0.806. The van der Waals surface area contributed by atoms with Gasteiger partial charge in [-0.2, -0.15) is 14.9 Å². The molecule has 2 rings (SSSR count). The highest BCUT2D eigenvalue weighted by atomic mass is 32.1. The van der Waals surface area contributed by atoms with E-state index in [-0.39, 0.29) is 6.61 Å². The van der Waals surface area contributed by atoms with E-state index < -0.39 is 0 Å². The molecule has 0 unspecified atom stereocenters. The lowest BCUT2D eigenvalue weighted by Gasteiger charge is -2.22. The van der Waals surface area contributed by atoms with E-state index >= 15 is 0 Å². The number of hydrogen-bond acceptors (Lipinski definition) is 5. The highest BCUT2D eigenvalue weighted by Crippen LogP contribution is 2.18. The van der Waals surface area contributed by atoms with E-state index in [1.54, 1.807) is 10.9 Å². The summed E-state index contributed by atoms with van der Waals surface area (Å²) in [4.78, 5) is 2.13. The van der Waals surface area contributed by atoms with Crippen molar-refractivity contribution in [3.05, 3.63) is 39.9 Å². The summed E-state index contributed by atoms with van der Waals surface area (Å²) in [6, 6.07) is 6.18. The van der Waals surface area contributed by atoms with E-state index in [1.807, 2.05) is 26.0 Å². The zero-order valence-corrected chi connectivity index (χ0v) is 14.6. The van der Waals surface area contributed by atoms with Crippen LogP contribution in [-0.2, 0) is 6.42 Å². The molecular weight excluding hydrogens is 310 g/mol. The first kappa shape index (κ1) is 17.4. The standard InChI is InChI=1S/C16H23N5OS/c1-4-15-18-19-16(23)21(15)17-11-13-6-7-14(10-12(13)3)20(5-2)8-9-22/h6-7,10-11,22H,4-5,8-9H2,1-3H3,(H,19,23)/b17-11-. The van der Waals surface area contributed by atoms with Gasteiger partial charge in [0, 0.05) is 25.2 Å². The van der Waals surface area contributed by atoms with Gasteiger partial charge >= 0.3 is 0 Å². The molecule has 0 aliphatic heterocycles. The second kappa shape index (κ2) is 8.03. The van der Waals surface area contributed by atoms with Crippen molar-refractivity contribution in [1.82, 2.24) is 14.9 Å². The summed E-state index contributed by atoms with van der Waals surface area (Å²) in [5.41, 5.74) is 3.25. The number of likely N-dealkylation sites (N-methyl/N-ethyl adjacent to an activating group) is 1. The number of benzene rings is 1. The largest absolute Gasteiger partial charge is 0.395 e. The fourth-order valence-electron chi connectivity index (χ4n) is 2.38. The van der Waals surface area contributed by atoms with Crippen LogP contribution in [0.3, 0.4) is 0 Å². The molecule has 0 atom stereocenters. The summed E-state index contributed by atoms with van der Waals surface area (Å²) in [6.45, 7) is 7.78. The van der Waals surface area contributed by atoms with E-state index in [0.717, 1.165) is 35.6 Å². The van der Waals surface area contributed by atoms with E-state index in [2.05, 4.69) is 33.2 Å². The Hall–Kier alpha value is -1.99. The van der Waals surface area contributed by atoms with Crippen molar-refractivity contribution in [2.45, 2.75) is 27.2 Å². The Balaban J connectivity index is 2.26. The first-order chi connectivity index (χ1) is 11.1. The minimum atomic E-state index is 0.147. The van der Waals surface area contributed by atoms with Crippen LogP contribution in [0.1, 0.15) is 30.8 Å². The molecule has 7 heteroatoms. The molecular formula is C16H23N5OS. The van der Waals surface area contributed by atoms with Crippen LogP contribution in [0.4, 0.5) is 5.69 Å². The van der Waals surface area contributed by atoms with Crippen molar-refractivity contribution in [2.75, 3.05) is 24.6 Å². The average molecular weight is 333 g/mol. The summed E-state index contributed by atoms with van der Waals surface area (Å²) in [6.07, 6.45) is 2.56. The third kappa shape index (κ3) is 4.05. The lowest BCUT2D eigenvalue weighted by atomic mass is 10.1. The number of aromatic nitrogens is 3. The minimum absolute atomic E-state index is 0.147. The van der Waals surface area contributed by atoms with Crippen LogP contribution in [0, 0.1) is 11.7 Å². The van der Waals surface area contributed by atoms with Crippen molar-refractivity contribution >= 4 is 24.1 Å². The third-order valence-electron chi connectivity index (χ3n) is 3.72. The van der Waals surface area contributed by atoms with Crippen molar-refractivity contribution in [3.8, 4) is 0 Å². The zero-order valence-electron chi connectivity index (χ0n) is 13.8. The van der Waals surface area contributed by atoms with E-state index in [1.165, 1.54) is 0 Å². The van der Waals surface area contributed by atoms with Gasteiger partial charge in [0.25, 0.3) is 0 Å². The summed E-state index contributed by atoms with van der Waals surface area (Å²) < 4.78 is 2.14. The van der Waals surface area contributed by atoms with Gasteiger partial charge in [-0.25, -0.2) is 0 Å². The molecule has 0 saturated carbocycles. The van der Waals surface area contributed by atoms with Gasteiger partial charge in [-0.3, -0.25) is 5.10 Å². The van der Waals surface area contributed by atoms with Crippen LogP contribution < -0.4 is 4.90 Å². The zero-order chi connectivity index (χ0) is 16.8. The maximum atomic E-state index is 9.13. The van der Waals surface area contributed by atoms with Gasteiger partial charge in [0.2, 0.25) is 4.77 Å². The van der Waals surface area contributed by atoms with Gasteiger partial charge in [-0.1, -0.05) is 13.0 Å². The number of nitrogens with zero attached hydrogens (tertiary/aromatic N) is 4. The number of rotatable bonds is 7. The summed E-state index contributed by atoms with van der Waals surface area (Å²) >= 11 is 5.19. The number of H-pyrrole nitrogens is 1. The number of hydrogen-bond donors (Lipinski definition) is 2. The number of aromatic amines is 1. The maximum Gasteiger partial charge on any atom is 0.216 e. The highest BCUT2D eigenvalue weighted by Gasteiger charge is 2.06. The molecule has 0 saturated heterocycles. The molecule has 0 aliphatic rings. The fourth-order valence-corrected chi connectivity index (χ4v) is 2.58. The van der Waals surface area contributed by atoms with Crippen LogP contribution in [0.25, 0.3) is 0 Å². The quantitative estimate of drug-likeness (QED) is 0.603. The average Bonchev–Trinajstić information content (AvgIpc) is 2.91. The highest BCUT2D eigenvalue weighted by molar-refractivity contribution is 7.71. The Bertz CT molecular complexity index is 734. The van der Waals surface area contributed by atoms with Crippen LogP contribution in [-0.4, -0.2) is 45.9 Å². The normalized spacial score (nSPS) is 11.3. The predicted octanol–water partition coefficient (Wildman–Crippen LogP) is 2.51. The smallest absolute Gasteiger partial charge is 0.216 e. The van der Waals surface area contributed by atoms with Gasteiger partial charge in [0.15, 0.2) is 5.82 Å². The Morgan fingerprint density at radius 3 is 2.83 bits per heavy atom.